The van der Waals surface area contributed by atoms with Crippen LogP contribution in [0.25, 0.3) is 0 Å². The number of hydrogen-bond acceptors (Lipinski definition) is 4. The number of rotatable bonds is 2. The van der Waals surface area contributed by atoms with Gasteiger partial charge in [0.05, 0.1) is 17.3 Å². The summed E-state index contributed by atoms with van der Waals surface area (Å²) in [5.41, 5.74) is 1.67. The number of carbonyl (C=O) groups excluding carboxylic acids is 1. The van der Waals surface area contributed by atoms with Crippen molar-refractivity contribution in [2.24, 2.45) is 0 Å². The number of nitrogens with one attached hydrogen (secondary N) is 1. The van der Waals surface area contributed by atoms with E-state index < -0.39 is 0 Å². The molecule has 1 N–H and O–H groups in total. The van der Waals surface area contributed by atoms with E-state index in [2.05, 4.69) is 10.5 Å². The molecule has 0 aliphatic carbocycles. The predicted octanol–water partition coefficient (Wildman–Crippen LogP) is 2.11. The number of nitrogens with zero attached hydrogens (tertiary/aromatic N) is 2. The van der Waals surface area contributed by atoms with Gasteiger partial charge in [-0.2, -0.15) is 5.26 Å². The van der Waals surface area contributed by atoms with Crippen molar-refractivity contribution in [3.63, 3.8) is 0 Å². The minimum Gasteiger partial charge on any atom is -0.351 e. The first-order valence-corrected chi connectivity index (χ1v) is 4.94. The summed E-state index contributed by atoms with van der Waals surface area (Å²) in [5.74, 6) is -0.245. The topological polar surface area (TPSA) is 78.9 Å². The highest BCUT2D eigenvalue weighted by atomic mass is 16.5. The maximum Gasteiger partial charge on any atom is 0.294 e. The molecular weight excluding hydrogens is 218 g/mol. The molecule has 84 valence electrons. The van der Waals surface area contributed by atoms with E-state index in [4.69, 9.17) is 9.78 Å². The Morgan fingerprint density at radius 1 is 1.47 bits per heavy atom. The van der Waals surface area contributed by atoms with Crippen molar-refractivity contribution < 1.29 is 9.32 Å². The first-order chi connectivity index (χ1) is 8.19. The quantitative estimate of drug-likeness (QED) is 0.852. The molecule has 2 rings (SSSR count). The molecule has 2 aromatic rings. The lowest BCUT2D eigenvalue weighted by Gasteiger charge is -2.02. The van der Waals surface area contributed by atoms with Crippen LogP contribution in [0.5, 0.6) is 0 Å². The first-order valence-electron chi connectivity index (χ1n) is 4.94. The lowest BCUT2D eigenvalue weighted by atomic mass is 10.2. The molecule has 0 aliphatic rings. The molecule has 0 saturated heterocycles. The van der Waals surface area contributed by atoms with Crippen molar-refractivity contribution in [1.29, 1.82) is 5.26 Å². The predicted molar refractivity (Wildman–Crippen MR) is 60.4 cm³/mol. The van der Waals surface area contributed by atoms with Gasteiger partial charge in [0.15, 0.2) is 0 Å². The summed E-state index contributed by atoms with van der Waals surface area (Å²) in [4.78, 5) is 11.7. The van der Waals surface area contributed by atoms with Crippen molar-refractivity contribution in [3.8, 4) is 6.07 Å². The van der Waals surface area contributed by atoms with Gasteiger partial charge < -0.3 is 9.84 Å². The smallest absolute Gasteiger partial charge is 0.294 e. The van der Waals surface area contributed by atoms with Crippen LogP contribution in [0, 0.1) is 18.3 Å². The number of anilines is 1. The third kappa shape index (κ3) is 2.49. The molecule has 0 atom stereocenters. The fraction of sp³-hybridized carbons (Fsp3) is 0.0833. The van der Waals surface area contributed by atoms with E-state index in [9.17, 15) is 4.79 Å². The molecule has 0 fully saturated rings. The SMILES string of the molecule is Cc1cc(C(=O)Nc2cccc(C#N)c2)on1. The average molecular weight is 227 g/mol. The lowest BCUT2D eigenvalue weighted by Crippen LogP contribution is -2.10. The van der Waals surface area contributed by atoms with E-state index in [1.165, 1.54) is 0 Å². The van der Waals surface area contributed by atoms with Crippen molar-refractivity contribution >= 4 is 11.6 Å². The Kier molecular flexibility index (Phi) is 2.88. The van der Waals surface area contributed by atoms with Gasteiger partial charge in [-0.25, -0.2) is 0 Å². The Morgan fingerprint density at radius 2 is 2.29 bits per heavy atom. The molecule has 0 aliphatic heterocycles. The van der Waals surface area contributed by atoms with Gasteiger partial charge in [0.25, 0.3) is 5.91 Å². The second-order valence-corrected chi connectivity index (χ2v) is 3.48. The Hall–Kier alpha value is -2.61. The van der Waals surface area contributed by atoms with Crippen LogP contribution >= 0.6 is 0 Å². The van der Waals surface area contributed by atoms with Crippen LogP contribution in [0.3, 0.4) is 0 Å². The van der Waals surface area contributed by atoms with E-state index >= 15 is 0 Å². The largest absolute Gasteiger partial charge is 0.351 e. The van der Waals surface area contributed by atoms with Crippen molar-refractivity contribution in [2.75, 3.05) is 5.32 Å². The molecule has 0 saturated carbocycles. The van der Waals surface area contributed by atoms with Crippen molar-refractivity contribution in [2.45, 2.75) is 6.92 Å². The fourth-order valence-corrected chi connectivity index (χ4v) is 1.33. The first kappa shape index (κ1) is 10.9. The summed E-state index contributed by atoms with van der Waals surface area (Å²) >= 11 is 0. The number of benzene rings is 1. The standard InChI is InChI=1S/C12H9N3O2/c1-8-5-11(17-15-8)12(16)14-10-4-2-3-9(6-10)7-13/h2-6H,1H3,(H,14,16). The number of nitriles is 1. The minimum atomic E-state index is -0.388. The highest BCUT2D eigenvalue weighted by Gasteiger charge is 2.11. The summed E-state index contributed by atoms with van der Waals surface area (Å²) in [5, 5.41) is 15.0. The molecule has 1 aromatic carbocycles. The normalized spacial score (nSPS) is 9.65. The second-order valence-electron chi connectivity index (χ2n) is 3.48. The van der Waals surface area contributed by atoms with Gasteiger partial charge in [-0.1, -0.05) is 11.2 Å². The molecule has 1 heterocycles. The number of carbonyl (C=O) groups is 1. The summed E-state index contributed by atoms with van der Waals surface area (Å²) in [6.07, 6.45) is 0. The number of amides is 1. The van der Waals surface area contributed by atoms with E-state index in [0.29, 0.717) is 16.9 Å². The van der Waals surface area contributed by atoms with Crippen LogP contribution in [0.2, 0.25) is 0 Å². The summed E-state index contributed by atoms with van der Waals surface area (Å²) in [6, 6.07) is 10.2. The lowest BCUT2D eigenvalue weighted by molar-refractivity contribution is 0.0988. The van der Waals surface area contributed by atoms with Crippen LogP contribution in [-0.4, -0.2) is 11.1 Å². The Bertz CT molecular complexity index is 596. The Labute approximate surface area is 97.7 Å². The molecule has 0 bridgehead atoms. The third-order valence-corrected chi connectivity index (χ3v) is 2.10. The summed E-state index contributed by atoms with van der Waals surface area (Å²) < 4.78 is 4.83. The van der Waals surface area contributed by atoms with Crippen LogP contribution in [-0.2, 0) is 0 Å². The van der Waals surface area contributed by atoms with E-state index in [-0.39, 0.29) is 11.7 Å². The highest BCUT2D eigenvalue weighted by molar-refractivity contribution is 6.02. The maximum atomic E-state index is 11.7. The Balaban J connectivity index is 2.16. The molecule has 5 nitrogen and oxygen atoms in total. The van der Waals surface area contributed by atoms with E-state index in [0.717, 1.165) is 0 Å². The van der Waals surface area contributed by atoms with Crippen LogP contribution in [0.15, 0.2) is 34.9 Å². The average Bonchev–Trinajstić information content (AvgIpc) is 2.76. The molecule has 1 amide bonds. The van der Waals surface area contributed by atoms with Gasteiger partial charge in [-0.05, 0) is 25.1 Å². The Morgan fingerprint density at radius 3 is 2.94 bits per heavy atom. The number of hydrogen-bond donors (Lipinski definition) is 1. The molecule has 0 radical (unpaired) electrons. The monoisotopic (exact) mass is 227 g/mol. The van der Waals surface area contributed by atoms with Crippen LogP contribution in [0.4, 0.5) is 5.69 Å². The highest BCUT2D eigenvalue weighted by Crippen LogP contribution is 2.12. The van der Waals surface area contributed by atoms with Crippen molar-refractivity contribution in [3.05, 3.63) is 47.3 Å². The fourth-order valence-electron chi connectivity index (χ4n) is 1.33. The van der Waals surface area contributed by atoms with Gasteiger partial charge in [-0.3, -0.25) is 4.79 Å². The zero-order valence-electron chi connectivity index (χ0n) is 9.10. The van der Waals surface area contributed by atoms with Gasteiger partial charge in [0.2, 0.25) is 5.76 Å². The molecular formula is C12H9N3O2. The zero-order valence-corrected chi connectivity index (χ0v) is 9.10. The van der Waals surface area contributed by atoms with E-state index in [1.807, 2.05) is 6.07 Å². The molecule has 1 aromatic heterocycles. The molecule has 0 unspecified atom stereocenters. The second kappa shape index (κ2) is 4.49. The number of aryl methyl sites for hydroxylation is 1. The summed E-state index contributed by atoms with van der Waals surface area (Å²) in [6.45, 7) is 1.73. The third-order valence-electron chi connectivity index (χ3n) is 2.10. The van der Waals surface area contributed by atoms with Gasteiger partial charge in [0.1, 0.15) is 0 Å². The van der Waals surface area contributed by atoms with Crippen molar-refractivity contribution in [1.82, 2.24) is 5.16 Å². The summed E-state index contributed by atoms with van der Waals surface area (Å²) in [7, 11) is 0. The van der Waals surface area contributed by atoms with Gasteiger partial charge in [-0.15, -0.1) is 0 Å². The van der Waals surface area contributed by atoms with Gasteiger partial charge in [0, 0.05) is 11.8 Å². The van der Waals surface area contributed by atoms with E-state index in [1.54, 1.807) is 37.3 Å². The molecule has 5 heteroatoms. The maximum absolute atomic E-state index is 11.7. The molecule has 17 heavy (non-hydrogen) atoms. The molecule has 0 spiro atoms. The minimum absolute atomic E-state index is 0.143. The van der Waals surface area contributed by atoms with Gasteiger partial charge >= 0.3 is 0 Å². The number of aromatic nitrogens is 1. The van der Waals surface area contributed by atoms with Crippen LogP contribution < -0.4 is 5.32 Å². The zero-order chi connectivity index (χ0) is 12.3. The van der Waals surface area contributed by atoms with Crippen LogP contribution in [0.1, 0.15) is 21.8 Å².